The van der Waals surface area contributed by atoms with Gasteiger partial charge >= 0.3 is 0 Å². The highest BCUT2D eigenvalue weighted by Gasteiger charge is 2.21. The molecule has 0 aromatic heterocycles. The van der Waals surface area contributed by atoms with Gasteiger partial charge in [-0.25, -0.2) is 0 Å². The Morgan fingerprint density at radius 2 is 1.70 bits per heavy atom. The minimum absolute atomic E-state index is 0.139. The number of amides is 1. The standard InChI is InChI=1S/C23H21NO3/c25-23(24-15-17-14-18-8-4-6-12-21(18)26-16-17)20-11-5-7-13-22(20)27-19-9-2-1-3-10-19/h1-13,17H,14-16H2,(H,24,25). The van der Waals surface area contributed by atoms with E-state index in [-0.39, 0.29) is 11.8 Å². The van der Waals surface area contributed by atoms with Crippen LogP contribution in [-0.2, 0) is 6.42 Å². The monoisotopic (exact) mass is 359 g/mol. The van der Waals surface area contributed by atoms with Gasteiger partial charge in [-0.1, -0.05) is 48.5 Å². The van der Waals surface area contributed by atoms with Crippen molar-refractivity contribution in [3.63, 3.8) is 0 Å². The first kappa shape index (κ1) is 17.2. The van der Waals surface area contributed by atoms with E-state index in [4.69, 9.17) is 9.47 Å². The summed E-state index contributed by atoms with van der Waals surface area (Å²) in [6.07, 6.45) is 0.901. The molecule has 3 aromatic carbocycles. The summed E-state index contributed by atoms with van der Waals surface area (Å²) in [7, 11) is 0. The van der Waals surface area contributed by atoms with Crippen LogP contribution in [0.5, 0.6) is 17.2 Å². The Balaban J connectivity index is 1.40. The second-order valence-electron chi connectivity index (χ2n) is 6.61. The van der Waals surface area contributed by atoms with Crippen molar-refractivity contribution in [2.45, 2.75) is 6.42 Å². The van der Waals surface area contributed by atoms with Crippen molar-refractivity contribution in [3.05, 3.63) is 90.0 Å². The van der Waals surface area contributed by atoms with Gasteiger partial charge in [0.1, 0.15) is 17.2 Å². The van der Waals surface area contributed by atoms with Crippen molar-refractivity contribution in [2.24, 2.45) is 5.92 Å². The molecule has 0 saturated carbocycles. The molecule has 0 radical (unpaired) electrons. The van der Waals surface area contributed by atoms with Gasteiger partial charge in [0.25, 0.3) is 5.91 Å². The van der Waals surface area contributed by atoms with E-state index in [0.717, 1.165) is 12.2 Å². The van der Waals surface area contributed by atoms with Gasteiger partial charge in [0.15, 0.2) is 0 Å². The Labute approximate surface area is 158 Å². The number of hydrogen-bond acceptors (Lipinski definition) is 3. The van der Waals surface area contributed by atoms with E-state index in [1.54, 1.807) is 6.07 Å². The Morgan fingerprint density at radius 1 is 0.963 bits per heavy atom. The molecule has 4 rings (SSSR count). The van der Waals surface area contributed by atoms with E-state index in [9.17, 15) is 4.79 Å². The second-order valence-corrected chi connectivity index (χ2v) is 6.61. The molecule has 0 spiro atoms. The molecule has 27 heavy (non-hydrogen) atoms. The third-order valence-corrected chi connectivity index (χ3v) is 4.61. The molecule has 0 fully saturated rings. The van der Waals surface area contributed by atoms with E-state index in [1.165, 1.54) is 5.56 Å². The van der Waals surface area contributed by atoms with Gasteiger partial charge in [-0.15, -0.1) is 0 Å². The summed E-state index contributed by atoms with van der Waals surface area (Å²) in [5, 5.41) is 3.03. The van der Waals surface area contributed by atoms with Crippen LogP contribution in [0.3, 0.4) is 0 Å². The van der Waals surface area contributed by atoms with E-state index in [0.29, 0.717) is 30.2 Å². The summed E-state index contributed by atoms with van der Waals surface area (Å²) >= 11 is 0. The molecule has 1 atom stereocenters. The number of para-hydroxylation sites is 3. The summed E-state index contributed by atoms with van der Waals surface area (Å²) in [4.78, 5) is 12.7. The van der Waals surface area contributed by atoms with Crippen LogP contribution in [-0.4, -0.2) is 19.1 Å². The third kappa shape index (κ3) is 4.11. The molecular weight excluding hydrogens is 338 g/mol. The highest BCUT2D eigenvalue weighted by molar-refractivity contribution is 5.97. The highest BCUT2D eigenvalue weighted by atomic mass is 16.5. The van der Waals surface area contributed by atoms with Crippen molar-refractivity contribution in [1.29, 1.82) is 0 Å². The number of nitrogens with one attached hydrogen (secondary N) is 1. The fraction of sp³-hybridized carbons (Fsp3) is 0.174. The Morgan fingerprint density at radius 3 is 2.59 bits per heavy atom. The van der Waals surface area contributed by atoms with Crippen LogP contribution >= 0.6 is 0 Å². The van der Waals surface area contributed by atoms with Crippen molar-refractivity contribution in [3.8, 4) is 17.2 Å². The van der Waals surface area contributed by atoms with Crippen LogP contribution in [0.1, 0.15) is 15.9 Å². The minimum Gasteiger partial charge on any atom is -0.493 e. The third-order valence-electron chi connectivity index (χ3n) is 4.61. The molecule has 136 valence electrons. The van der Waals surface area contributed by atoms with Gasteiger partial charge in [-0.3, -0.25) is 4.79 Å². The quantitative estimate of drug-likeness (QED) is 0.732. The fourth-order valence-electron chi connectivity index (χ4n) is 3.21. The van der Waals surface area contributed by atoms with E-state index in [1.807, 2.05) is 66.7 Å². The van der Waals surface area contributed by atoms with Crippen LogP contribution in [0.25, 0.3) is 0 Å². The zero-order valence-electron chi connectivity index (χ0n) is 14.9. The maximum Gasteiger partial charge on any atom is 0.255 e. The second kappa shape index (κ2) is 7.96. The van der Waals surface area contributed by atoms with Crippen LogP contribution in [0.15, 0.2) is 78.9 Å². The van der Waals surface area contributed by atoms with Crippen LogP contribution in [0, 0.1) is 5.92 Å². The summed E-state index contributed by atoms with van der Waals surface area (Å²) in [6.45, 7) is 1.17. The lowest BCUT2D eigenvalue weighted by atomic mass is 9.96. The van der Waals surface area contributed by atoms with Crippen molar-refractivity contribution in [2.75, 3.05) is 13.2 Å². The average Bonchev–Trinajstić information content (AvgIpc) is 2.73. The first-order valence-electron chi connectivity index (χ1n) is 9.10. The zero-order valence-corrected chi connectivity index (χ0v) is 14.9. The van der Waals surface area contributed by atoms with E-state index in [2.05, 4.69) is 11.4 Å². The minimum atomic E-state index is -0.139. The number of hydrogen-bond donors (Lipinski definition) is 1. The molecule has 1 unspecified atom stereocenters. The lowest BCUT2D eigenvalue weighted by molar-refractivity contribution is 0.0936. The van der Waals surface area contributed by atoms with Crippen molar-refractivity contribution in [1.82, 2.24) is 5.32 Å². The van der Waals surface area contributed by atoms with Gasteiger partial charge in [0.2, 0.25) is 0 Å². The maximum atomic E-state index is 12.7. The van der Waals surface area contributed by atoms with Crippen LogP contribution in [0.4, 0.5) is 0 Å². The topological polar surface area (TPSA) is 47.6 Å². The normalized spacial score (nSPS) is 15.3. The number of carbonyl (C=O) groups excluding carboxylic acids is 1. The molecule has 4 heteroatoms. The van der Waals surface area contributed by atoms with Crippen molar-refractivity contribution < 1.29 is 14.3 Å². The molecule has 4 nitrogen and oxygen atoms in total. The summed E-state index contributed by atoms with van der Waals surface area (Å²) in [5.41, 5.74) is 1.72. The molecular formula is C23H21NO3. The van der Waals surface area contributed by atoms with Gasteiger partial charge in [-0.05, 0) is 42.3 Å². The number of carbonyl (C=O) groups is 1. The predicted molar refractivity (Wildman–Crippen MR) is 104 cm³/mol. The zero-order chi connectivity index (χ0) is 18.5. The summed E-state index contributed by atoms with van der Waals surface area (Å²) < 4.78 is 11.7. The van der Waals surface area contributed by atoms with Crippen LogP contribution < -0.4 is 14.8 Å². The number of rotatable bonds is 5. The SMILES string of the molecule is O=C(NCC1COc2ccccc2C1)c1ccccc1Oc1ccccc1. The average molecular weight is 359 g/mol. The largest absolute Gasteiger partial charge is 0.493 e. The molecule has 0 saturated heterocycles. The first-order chi connectivity index (χ1) is 13.3. The molecule has 1 aliphatic rings. The number of fused-ring (bicyclic) bond motifs is 1. The van der Waals surface area contributed by atoms with Gasteiger partial charge in [0.05, 0.1) is 12.2 Å². The molecule has 1 heterocycles. The first-order valence-corrected chi connectivity index (χ1v) is 9.10. The molecule has 1 amide bonds. The molecule has 1 N–H and O–H groups in total. The Kier molecular flexibility index (Phi) is 5.06. The van der Waals surface area contributed by atoms with Gasteiger partial charge < -0.3 is 14.8 Å². The van der Waals surface area contributed by atoms with Crippen LogP contribution in [0.2, 0.25) is 0 Å². The smallest absolute Gasteiger partial charge is 0.255 e. The number of ether oxygens (including phenoxy) is 2. The molecule has 0 bridgehead atoms. The summed E-state index contributed by atoms with van der Waals surface area (Å²) in [6, 6.07) is 24.8. The fourth-order valence-corrected chi connectivity index (χ4v) is 3.21. The summed E-state index contributed by atoms with van der Waals surface area (Å²) in [5.74, 6) is 2.31. The predicted octanol–water partition coefficient (Wildman–Crippen LogP) is 4.46. The number of benzene rings is 3. The molecule has 0 aliphatic carbocycles. The maximum absolute atomic E-state index is 12.7. The molecule has 1 aliphatic heterocycles. The van der Waals surface area contributed by atoms with Gasteiger partial charge in [-0.2, -0.15) is 0 Å². The Bertz CT molecular complexity index is 924. The van der Waals surface area contributed by atoms with Gasteiger partial charge in [0, 0.05) is 12.5 Å². The lowest BCUT2D eigenvalue weighted by Crippen LogP contribution is -2.34. The Hall–Kier alpha value is -3.27. The molecule has 3 aromatic rings. The van der Waals surface area contributed by atoms with E-state index < -0.39 is 0 Å². The lowest BCUT2D eigenvalue weighted by Gasteiger charge is -2.25. The van der Waals surface area contributed by atoms with Crippen molar-refractivity contribution >= 4 is 5.91 Å². The van der Waals surface area contributed by atoms with E-state index >= 15 is 0 Å². The highest BCUT2D eigenvalue weighted by Crippen LogP contribution is 2.27.